The van der Waals surface area contributed by atoms with E-state index in [9.17, 15) is 23.3 Å². The minimum atomic E-state index is -4.51. The molecule has 0 aliphatic carbocycles. The van der Waals surface area contributed by atoms with Crippen molar-refractivity contribution in [3.63, 3.8) is 0 Å². The molecule has 19 heavy (non-hydrogen) atoms. The van der Waals surface area contributed by atoms with Gasteiger partial charge >= 0.3 is 6.18 Å². The first kappa shape index (κ1) is 15.2. The van der Waals surface area contributed by atoms with Crippen molar-refractivity contribution in [1.82, 2.24) is 0 Å². The molecule has 0 amide bonds. The maximum atomic E-state index is 12.4. The van der Waals surface area contributed by atoms with E-state index in [1.54, 1.807) is 6.92 Å². The Morgan fingerprint density at radius 3 is 2.53 bits per heavy atom. The molecule has 0 spiro atoms. The predicted molar refractivity (Wildman–Crippen MR) is 63.2 cm³/mol. The molecule has 0 saturated carbocycles. The van der Waals surface area contributed by atoms with Gasteiger partial charge in [-0.15, -0.1) is 0 Å². The van der Waals surface area contributed by atoms with Crippen molar-refractivity contribution in [2.24, 2.45) is 0 Å². The molecule has 1 aromatic rings. The summed E-state index contributed by atoms with van der Waals surface area (Å²) in [6.07, 6.45) is -4.51. The highest BCUT2D eigenvalue weighted by atomic mass is 19.4. The summed E-state index contributed by atoms with van der Waals surface area (Å²) in [5.41, 5.74) is 0.0195. The average Bonchev–Trinajstić information content (AvgIpc) is 2.26. The highest BCUT2D eigenvalue weighted by Gasteiger charge is 2.33. The van der Waals surface area contributed by atoms with Crippen molar-refractivity contribution in [3.05, 3.63) is 33.9 Å². The Hall–Kier alpha value is -1.83. The van der Waals surface area contributed by atoms with Crippen LogP contribution < -0.4 is 4.90 Å². The second-order valence-corrected chi connectivity index (χ2v) is 4.01. The number of aliphatic hydroxyl groups is 1. The summed E-state index contributed by atoms with van der Waals surface area (Å²) in [7, 11) is 0. The molecule has 0 aliphatic heterocycles. The number of nitro benzene ring substituents is 1. The number of rotatable bonds is 5. The van der Waals surface area contributed by atoms with Gasteiger partial charge in [-0.05, 0) is 18.6 Å². The molecule has 0 bridgehead atoms. The lowest BCUT2D eigenvalue weighted by Gasteiger charge is -2.24. The zero-order chi connectivity index (χ0) is 14.6. The Balaban J connectivity index is 3.18. The van der Waals surface area contributed by atoms with E-state index in [0.717, 1.165) is 4.90 Å². The molecule has 0 heterocycles. The van der Waals surface area contributed by atoms with E-state index < -0.39 is 29.9 Å². The normalized spacial score (nSPS) is 11.4. The quantitative estimate of drug-likeness (QED) is 0.662. The van der Waals surface area contributed by atoms with Crippen LogP contribution >= 0.6 is 0 Å². The third-order valence-electron chi connectivity index (χ3n) is 2.41. The van der Waals surface area contributed by atoms with E-state index in [1.807, 2.05) is 0 Å². The van der Waals surface area contributed by atoms with Gasteiger partial charge in [0.2, 0.25) is 0 Å². The van der Waals surface area contributed by atoms with Crippen LogP contribution in [0.15, 0.2) is 18.2 Å². The number of benzene rings is 1. The summed E-state index contributed by atoms with van der Waals surface area (Å²) < 4.78 is 37.3. The van der Waals surface area contributed by atoms with Crippen molar-refractivity contribution in [1.29, 1.82) is 0 Å². The molecule has 0 radical (unpaired) electrons. The minimum Gasteiger partial charge on any atom is -0.395 e. The fourth-order valence-corrected chi connectivity index (χ4v) is 1.67. The van der Waals surface area contributed by atoms with Gasteiger partial charge in [0.05, 0.1) is 11.5 Å². The van der Waals surface area contributed by atoms with Crippen LogP contribution in [-0.2, 0) is 0 Å². The fraction of sp³-hybridized carbons (Fsp3) is 0.455. The van der Waals surface area contributed by atoms with Gasteiger partial charge in [-0.3, -0.25) is 10.1 Å². The van der Waals surface area contributed by atoms with Gasteiger partial charge in [-0.1, -0.05) is 6.07 Å². The highest BCUT2D eigenvalue weighted by Crippen LogP contribution is 2.31. The first-order valence-corrected chi connectivity index (χ1v) is 5.42. The largest absolute Gasteiger partial charge is 0.405 e. The summed E-state index contributed by atoms with van der Waals surface area (Å²) in [4.78, 5) is 10.9. The molecule has 0 fully saturated rings. The smallest absolute Gasteiger partial charge is 0.395 e. The molecule has 0 unspecified atom stereocenters. The zero-order valence-corrected chi connectivity index (χ0v) is 10.1. The van der Waals surface area contributed by atoms with Crippen LogP contribution in [-0.4, -0.2) is 35.9 Å². The summed E-state index contributed by atoms with van der Waals surface area (Å²) in [6, 6.07) is 3.95. The lowest BCUT2D eigenvalue weighted by atomic mass is 10.1. The van der Waals surface area contributed by atoms with E-state index in [0.29, 0.717) is 5.56 Å². The van der Waals surface area contributed by atoms with Crippen LogP contribution in [0.3, 0.4) is 0 Å². The lowest BCUT2D eigenvalue weighted by molar-refractivity contribution is -0.384. The third kappa shape index (κ3) is 4.40. The topological polar surface area (TPSA) is 66.6 Å². The Bertz CT molecular complexity index is 463. The van der Waals surface area contributed by atoms with E-state index >= 15 is 0 Å². The number of anilines is 1. The van der Waals surface area contributed by atoms with E-state index in [2.05, 4.69) is 0 Å². The molecular weight excluding hydrogens is 265 g/mol. The number of halogens is 3. The molecule has 0 aliphatic rings. The molecule has 8 heteroatoms. The van der Waals surface area contributed by atoms with Crippen molar-refractivity contribution in [3.8, 4) is 0 Å². The molecule has 1 N–H and O–H groups in total. The van der Waals surface area contributed by atoms with Crippen molar-refractivity contribution < 1.29 is 23.2 Å². The molecule has 0 aromatic heterocycles. The summed E-state index contributed by atoms with van der Waals surface area (Å²) in [6.45, 7) is -0.598. The first-order chi connectivity index (χ1) is 8.74. The number of nitrogens with zero attached hydrogens (tertiary/aromatic N) is 2. The van der Waals surface area contributed by atoms with Gasteiger partial charge in [0.25, 0.3) is 5.69 Å². The Labute approximate surface area is 107 Å². The predicted octanol–water partition coefficient (Wildman–Crippen LogP) is 2.26. The summed E-state index contributed by atoms with van der Waals surface area (Å²) in [5, 5.41) is 19.7. The summed E-state index contributed by atoms with van der Waals surface area (Å²) >= 11 is 0. The van der Waals surface area contributed by atoms with Gasteiger partial charge in [0.1, 0.15) is 12.2 Å². The minimum absolute atomic E-state index is 0.151. The number of aryl methyl sites for hydroxylation is 1. The van der Waals surface area contributed by atoms with Crippen LogP contribution in [0, 0.1) is 17.0 Å². The molecule has 106 valence electrons. The van der Waals surface area contributed by atoms with E-state index in [-0.39, 0.29) is 12.2 Å². The van der Waals surface area contributed by atoms with Crippen molar-refractivity contribution in [2.45, 2.75) is 13.1 Å². The standard InChI is InChI=1S/C11H13F3N2O3/c1-8-2-3-9(10(6-8)16(18)19)15(4-5-17)7-11(12,13)14/h2-3,6,17H,4-5,7H2,1H3. The van der Waals surface area contributed by atoms with Crippen LogP contribution in [0.4, 0.5) is 24.5 Å². The second kappa shape index (κ2) is 5.87. The van der Waals surface area contributed by atoms with Crippen LogP contribution in [0.5, 0.6) is 0 Å². The molecule has 0 saturated heterocycles. The van der Waals surface area contributed by atoms with Gasteiger partial charge in [-0.2, -0.15) is 13.2 Å². The maximum Gasteiger partial charge on any atom is 0.405 e. The van der Waals surface area contributed by atoms with Crippen molar-refractivity contribution >= 4 is 11.4 Å². The molecule has 1 aromatic carbocycles. The SMILES string of the molecule is Cc1ccc(N(CCO)CC(F)(F)F)c([N+](=O)[O-])c1. The molecule has 1 rings (SSSR count). The molecule has 0 atom stereocenters. The highest BCUT2D eigenvalue weighted by molar-refractivity contribution is 5.64. The van der Waals surface area contributed by atoms with E-state index in [4.69, 9.17) is 5.11 Å². The van der Waals surface area contributed by atoms with Gasteiger partial charge in [0, 0.05) is 12.6 Å². The van der Waals surface area contributed by atoms with Gasteiger partial charge < -0.3 is 10.0 Å². The average molecular weight is 278 g/mol. The maximum absolute atomic E-state index is 12.4. The lowest BCUT2D eigenvalue weighted by Crippen LogP contribution is -2.36. The Morgan fingerprint density at radius 1 is 1.42 bits per heavy atom. The van der Waals surface area contributed by atoms with Crippen molar-refractivity contribution in [2.75, 3.05) is 24.6 Å². The van der Waals surface area contributed by atoms with Gasteiger partial charge in [-0.25, -0.2) is 0 Å². The van der Waals surface area contributed by atoms with Crippen LogP contribution in [0.2, 0.25) is 0 Å². The summed E-state index contributed by atoms with van der Waals surface area (Å²) in [5.74, 6) is 0. The number of alkyl halides is 3. The van der Waals surface area contributed by atoms with Crippen LogP contribution in [0.25, 0.3) is 0 Å². The fourth-order valence-electron chi connectivity index (χ4n) is 1.67. The third-order valence-corrected chi connectivity index (χ3v) is 2.41. The number of hydrogen-bond donors (Lipinski definition) is 1. The molecular formula is C11H13F3N2O3. The Morgan fingerprint density at radius 2 is 2.05 bits per heavy atom. The monoisotopic (exact) mass is 278 g/mol. The zero-order valence-electron chi connectivity index (χ0n) is 10.1. The first-order valence-electron chi connectivity index (χ1n) is 5.42. The van der Waals surface area contributed by atoms with Gasteiger partial charge in [0.15, 0.2) is 0 Å². The van der Waals surface area contributed by atoms with Crippen LogP contribution in [0.1, 0.15) is 5.56 Å². The number of hydrogen-bond acceptors (Lipinski definition) is 4. The molecule has 5 nitrogen and oxygen atoms in total. The van der Waals surface area contributed by atoms with E-state index in [1.165, 1.54) is 18.2 Å². The second-order valence-electron chi connectivity index (χ2n) is 4.01. The Kier molecular flexibility index (Phi) is 4.71. The number of nitro groups is 1. The number of aliphatic hydroxyl groups excluding tert-OH is 1.